The predicted octanol–water partition coefficient (Wildman–Crippen LogP) is 4.88. The fourth-order valence-corrected chi connectivity index (χ4v) is 6.26. The van der Waals surface area contributed by atoms with Crippen LogP contribution >= 0.6 is 11.3 Å². The number of urea groups is 1. The summed E-state index contributed by atoms with van der Waals surface area (Å²) in [5, 5.41) is 17.0. The molecule has 2 aromatic carbocycles. The number of benzene rings is 2. The molecule has 1 spiro atoms. The maximum atomic E-state index is 13.2. The van der Waals surface area contributed by atoms with Gasteiger partial charge in [0.2, 0.25) is 5.91 Å². The molecule has 6 rings (SSSR count). The van der Waals surface area contributed by atoms with Crippen molar-refractivity contribution >= 4 is 39.3 Å². The number of nitrogens with zero attached hydrogens (tertiary/aromatic N) is 5. The first-order valence-corrected chi connectivity index (χ1v) is 13.3. The molecule has 4 aromatic rings. The van der Waals surface area contributed by atoms with Crippen LogP contribution in [-0.2, 0) is 4.79 Å². The number of amides is 3. The van der Waals surface area contributed by atoms with E-state index in [9.17, 15) is 14.9 Å². The second-order valence-electron chi connectivity index (χ2n) is 9.83. The number of likely N-dealkylation sites (tertiary alicyclic amines) is 1. The molecule has 0 atom stereocenters. The molecule has 2 saturated heterocycles. The summed E-state index contributed by atoms with van der Waals surface area (Å²) in [7, 11) is 0. The predicted molar refractivity (Wildman–Crippen MR) is 145 cm³/mol. The van der Waals surface area contributed by atoms with Gasteiger partial charge < -0.3 is 10.2 Å². The molecule has 9 nitrogen and oxygen atoms in total. The van der Waals surface area contributed by atoms with Crippen LogP contribution in [-0.4, -0.2) is 50.4 Å². The van der Waals surface area contributed by atoms with Crippen molar-refractivity contribution in [3.8, 4) is 27.8 Å². The van der Waals surface area contributed by atoms with Gasteiger partial charge >= 0.3 is 6.03 Å². The van der Waals surface area contributed by atoms with E-state index in [0.717, 1.165) is 51.9 Å². The minimum absolute atomic E-state index is 0.0988. The summed E-state index contributed by atoms with van der Waals surface area (Å²) >= 11 is 1.40. The van der Waals surface area contributed by atoms with Crippen molar-refractivity contribution in [1.82, 2.24) is 25.2 Å². The largest absolute Gasteiger partial charge is 0.351 e. The number of rotatable bonds is 3. The number of thiazole rings is 1. The second kappa shape index (κ2) is 9.50. The Morgan fingerprint density at radius 1 is 1.13 bits per heavy atom. The van der Waals surface area contributed by atoms with Crippen molar-refractivity contribution < 1.29 is 9.59 Å². The van der Waals surface area contributed by atoms with E-state index in [1.54, 1.807) is 23.4 Å². The summed E-state index contributed by atoms with van der Waals surface area (Å²) in [6.07, 6.45) is 4.45. The Morgan fingerprint density at radius 3 is 2.74 bits per heavy atom. The molecule has 0 radical (unpaired) electrons. The third-order valence-corrected chi connectivity index (χ3v) is 8.47. The maximum absolute atomic E-state index is 13.2. The van der Waals surface area contributed by atoms with Crippen LogP contribution in [0.1, 0.15) is 36.9 Å². The van der Waals surface area contributed by atoms with Crippen molar-refractivity contribution in [3.63, 3.8) is 0 Å². The van der Waals surface area contributed by atoms with Gasteiger partial charge in [-0.25, -0.2) is 19.7 Å². The van der Waals surface area contributed by atoms with Crippen LogP contribution in [0, 0.1) is 18.3 Å². The highest BCUT2D eigenvalue weighted by molar-refractivity contribution is 7.19. The number of aryl methyl sites for hydroxylation is 1. The summed E-state index contributed by atoms with van der Waals surface area (Å²) in [6, 6.07) is 15.3. The molecular weight excluding hydrogens is 498 g/mol. The Balaban J connectivity index is 1.31. The van der Waals surface area contributed by atoms with Crippen LogP contribution in [0.5, 0.6) is 0 Å². The third kappa shape index (κ3) is 4.46. The quantitative estimate of drug-likeness (QED) is 0.395. The lowest BCUT2D eigenvalue weighted by atomic mass is 9.86. The topological polar surface area (TPSA) is 124 Å². The number of fused-ring (bicyclic) bond motifs is 1. The Labute approximate surface area is 223 Å². The maximum Gasteiger partial charge on any atom is 0.323 e. The van der Waals surface area contributed by atoms with E-state index < -0.39 is 0 Å². The Hall–Kier alpha value is -4.36. The second-order valence-corrected chi connectivity index (χ2v) is 10.8. The Bertz CT molecular complexity index is 1620. The molecule has 2 aromatic heterocycles. The first kappa shape index (κ1) is 24.0. The number of carbonyl (C=O) groups excluding carboxylic acids is 2. The van der Waals surface area contributed by atoms with Gasteiger partial charge in [0.25, 0.3) is 0 Å². The SMILES string of the molecule is Cc1ncnc2ccc(-c3sc(NC(=O)N4CCC5(CCC(=O)N5)CC4)nc3-c3cccc(C#N)c3)cc12. The van der Waals surface area contributed by atoms with Gasteiger partial charge in [0.15, 0.2) is 5.13 Å². The summed E-state index contributed by atoms with van der Waals surface area (Å²) in [6.45, 7) is 3.10. The monoisotopic (exact) mass is 523 g/mol. The van der Waals surface area contributed by atoms with Gasteiger partial charge in [-0.2, -0.15) is 5.26 Å². The number of carbonyl (C=O) groups is 2. The van der Waals surface area contributed by atoms with Crippen molar-refractivity contribution in [2.24, 2.45) is 0 Å². The summed E-state index contributed by atoms with van der Waals surface area (Å²) in [5.74, 6) is 0.0988. The minimum atomic E-state index is -0.204. The fraction of sp³-hybridized carbons (Fsp3) is 0.286. The van der Waals surface area contributed by atoms with Crippen molar-refractivity contribution in [2.75, 3.05) is 18.4 Å². The van der Waals surface area contributed by atoms with Gasteiger partial charge in [-0.1, -0.05) is 29.5 Å². The normalized spacial score (nSPS) is 16.4. The third-order valence-electron chi connectivity index (χ3n) is 7.45. The lowest BCUT2D eigenvalue weighted by Crippen LogP contribution is -2.52. The minimum Gasteiger partial charge on any atom is -0.351 e. The van der Waals surface area contributed by atoms with Crippen molar-refractivity contribution in [3.05, 3.63) is 60.0 Å². The molecule has 0 saturated carbocycles. The van der Waals surface area contributed by atoms with Crippen molar-refractivity contribution in [1.29, 1.82) is 5.26 Å². The lowest BCUT2D eigenvalue weighted by Gasteiger charge is -2.38. The van der Waals surface area contributed by atoms with Gasteiger partial charge in [-0.05, 0) is 56.0 Å². The molecule has 2 aliphatic rings. The number of anilines is 1. The van der Waals surface area contributed by atoms with Crippen LogP contribution in [0.25, 0.3) is 32.6 Å². The van der Waals surface area contributed by atoms with Crippen LogP contribution < -0.4 is 10.6 Å². The Morgan fingerprint density at radius 2 is 1.97 bits per heavy atom. The highest BCUT2D eigenvalue weighted by atomic mass is 32.1. The van der Waals surface area contributed by atoms with E-state index in [4.69, 9.17) is 4.98 Å². The standard InChI is InChI=1S/C28H25N7O2S/c1-17-21-14-20(5-6-22(21)31-16-30-17)25-24(19-4-2-3-18(13-19)15-29)32-26(38-25)33-27(37)35-11-9-28(10-12-35)8-7-23(36)34-28/h2-6,13-14,16H,7-12H2,1H3,(H,34,36)(H,32,33,37). The molecule has 0 bridgehead atoms. The number of hydrogen-bond acceptors (Lipinski definition) is 7. The number of aromatic nitrogens is 3. The first-order chi connectivity index (χ1) is 18.4. The van der Waals surface area contributed by atoms with E-state index >= 15 is 0 Å². The summed E-state index contributed by atoms with van der Waals surface area (Å²) in [4.78, 5) is 41.1. The number of piperidine rings is 1. The average Bonchev–Trinajstić information content (AvgIpc) is 3.52. The number of nitrogens with one attached hydrogen (secondary N) is 2. The molecular formula is C28H25N7O2S. The van der Waals surface area contributed by atoms with E-state index in [1.807, 2.05) is 37.3 Å². The zero-order valence-electron chi connectivity index (χ0n) is 20.8. The molecule has 190 valence electrons. The molecule has 38 heavy (non-hydrogen) atoms. The Kier molecular flexibility index (Phi) is 6.00. The molecule has 2 fully saturated rings. The van der Waals surface area contributed by atoms with Gasteiger partial charge in [-0.3, -0.25) is 10.1 Å². The molecule has 4 heterocycles. The van der Waals surface area contributed by atoms with E-state index in [-0.39, 0.29) is 17.5 Å². The number of nitriles is 1. The smallest absolute Gasteiger partial charge is 0.323 e. The van der Waals surface area contributed by atoms with Gasteiger partial charge in [-0.15, -0.1) is 0 Å². The molecule has 2 aliphatic heterocycles. The van der Waals surface area contributed by atoms with Crippen LogP contribution in [0.3, 0.4) is 0 Å². The molecule has 10 heteroatoms. The van der Waals surface area contributed by atoms with Gasteiger partial charge in [0.05, 0.1) is 27.7 Å². The fourth-order valence-electron chi connectivity index (χ4n) is 5.28. The highest BCUT2D eigenvalue weighted by Crippen LogP contribution is 2.40. The summed E-state index contributed by atoms with van der Waals surface area (Å²) < 4.78 is 0. The first-order valence-electron chi connectivity index (χ1n) is 12.5. The van der Waals surface area contributed by atoms with Crippen LogP contribution in [0.2, 0.25) is 0 Å². The van der Waals surface area contributed by atoms with E-state index in [2.05, 4.69) is 26.7 Å². The lowest BCUT2D eigenvalue weighted by molar-refractivity contribution is -0.120. The molecule has 3 amide bonds. The summed E-state index contributed by atoms with van der Waals surface area (Å²) in [5.41, 5.74) is 4.53. The van der Waals surface area contributed by atoms with Gasteiger partial charge in [0, 0.05) is 41.7 Å². The highest BCUT2D eigenvalue weighted by Gasteiger charge is 2.41. The van der Waals surface area contributed by atoms with E-state index in [0.29, 0.717) is 35.9 Å². The van der Waals surface area contributed by atoms with Crippen molar-refractivity contribution in [2.45, 2.75) is 38.1 Å². The molecule has 2 N–H and O–H groups in total. The van der Waals surface area contributed by atoms with E-state index in [1.165, 1.54) is 11.3 Å². The van der Waals surface area contributed by atoms with Crippen LogP contribution in [0.4, 0.5) is 9.93 Å². The zero-order valence-corrected chi connectivity index (χ0v) is 21.6. The average molecular weight is 524 g/mol. The zero-order chi connectivity index (χ0) is 26.3. The number of hydrogen-bond donors (Lipinski definition) is 2. The molecule has 0 unspecified atom stereocenters. The molecule has 0 aliphatic carbocycles. The van der Waals surface area contributed by atoms with Crippen LogP contribution in [0.15, 0.2) is 48.8 Å². The van der Waals surface area contributed by atoms with Gasteiger partial charge in [0.1, 0.15) is 6.33 Å².